The predicted octanol–water partition coefficient (Wildman–Crippen LogP) is 1.85. The Bertz CT molecular complexity index is 617. The van der Waals surface area contributed by atoms with Crippen molar-refractivity contribution in [2.24, 2.45) is 5.41 Å². The van der Waals surface area contributed by atoms with E-state index in [4.69, 9.17) is 16.3 Å². The zero-order chi connectivity index (χ0) is 15.6. The lowest BCUT2D eigenvalue weighted by atomic mass is 9.76. The Morgan fingerprint density at radius 3 is 2.81 bits per heavy atom. The number of carboxylic acids is 1. The minimum absolute atomic E-state index is 0.0202. The molecule has 1 aromatic carbocycles. The second-order valence-electron chi connectivity index (χ2n) is 4.82. The zero-order valence-corrected chi connectivity index (χ0v) is 11.6. The molecule has 1 N–H and O–H groups in total. The van der Waals surface area contributed by atoms with E-state index in [1.807, 2.05) is 0 Å². The topological polar surface area (TPSA) is 107 Å². The van der Waals surface area contributed by atoms with E-state index in [9.17, 15) is 24.8 Å². The van der Waals surface area contributed by atoms with Gasteiger partial charge in [0.2, 0.25) is 0 Å². The van der Waals surface area contributed by atoms with Crippen LogP contribution in [0, 0.1) is 15.5 Å². The summed E-state index contributed by atoms with van der Waals surface area (Å²) < 4.78 is 5.12. The SMILES string of the molecule is O=C(O)C1(Cc2ccc(Cl)cc2[N+](=O)[O-])COCCC1=O. The third kappa shape index (κ3) is 2.88. The van der Waals surface area contributed by atoms with Crippen molar-refractivity contribution in [3.05, 3.63) is 38.9 Å². The fourth-order valence-corrected chi connectivity index (χ4v) is 2.49. The fraction of sp³-hybridized carbons (Fsp3) is 0.385. The van der Waals surface area contributed by atoms with Crippen molar-refractivity contribution in [1.29, 1.82) is 0 Å². The van der Waals surface area contributed by atoms with Gasteiger partial charge >= 0.3 is 5.97 Å². The Morgan fingerprint density at radius 1 is 1.52 bits per heavy atom. The number of rotatable bonds is 4. The van der Waals surface area contributed by atoms with Crippen molar-refractivity contribution in [3.63, 3.8) is 0 Å². The summed E-state index contributed by atoms with van der Waals surface area (Å²) in [5.74, 6) is -1.82. The molecule has 1 aliphatic rings. The molecule has 0 saturated carbocycles. The summed E-state index contributed by atoms with van der Waals surface area (Å²) in [5, 5.41) is 20.6. The van der Waals surface area contributed by atoms with E-state index >= 15 is 0 Å². The third-order valence-electron chi connectivity index (χ3n) is 3.50. The molecular weight excluding hydrogens is 302 g/mol. The van der Waals surface area contributed by atoms with Crippen LogP contribution in [0.25, 0.3) is 0 Å². The fourth-order valence-electron chi connectivity index (χ4n) is 2.32. The van der Waals surface area contributed by atoms with Gasteiger partial charge in [-0.15, -0.1) is 0 Å². The summed E-state index contributed by atoms with van der Waals surface area (Å²) in [6.45, 7) is -0.127. The molecule has 112 valence electrons. The Labute approximate surface area is 124 Å². The van der Waals surface area contributed by atoms with Crippen molar-refractivity contribution in [1.82, 2.24) is 0 Å². The van der Waals surface area contributed by atoms with Crippen LogP contribution in [0.5, 0.6) is 0 Å². The van der Waals surface area contributed by atoms with Gasteiger partial charge in [-0.1, -0.05) is 17.7 Å². The summed E-state index contributed by atoms with van der Waals surface area (Å²) in [7, 11) is 0. The molecule has 2 rings (SSSR count). The van der Waals surface area contributed by atoms with Crippen molar-refractivity contribution in [2.45, 2.75) is 12.8 Å². The number of aliphatic carboxylic acids is 1. The molecule has 0 bridgehead atoms. The van der Waals surface area contributed by atoms with Gasteiger partial charge in [0.15, 0.2) is 11.2 Å². The van der Waals surface area contributed by atoms with Crippen LogP contribution in [-0.4, -0.2) is 35.0 Å². The zero-order valence-electron chi connectivity index (χ0n) is 10.9. The molecule has 8 heteroatoms. The highest BCUT2D eigenvalue weighted by Crippen LogP contribution is 2.34. The molecule has 0 radical (unpaired) electrons. The highest BCUT2D eigenvalue weighted by Gasteiger charge is 2.48. The van der Waals surface area contributed by atoms with Gasteiger partial charge in [0.1, 0.15) is 0 Å². The van der Waals surface area contributed by atoms with Crippen molar-refractivity contribution < 1.29 is 24.4 Å². The summed E-state index contributed by atoms with van der Waals surface area (Å²) in [6.07, 6.45) is -0.317. The standard InChI is InChI=1S/C13H12ClNO6/c14-9-2-1-8(10(5-9)15(19)20)6-13(12(17)18)7-21-4-3-11(13)16/h1-2,5H,3-4,6-7H2,(H,17,18). The highest BCUT2D eigenvalue weighted by atomic mass is 35.5. The molecule has 1 aromatic rings. The van der Waals surface area contributed by atoms with E-state index in [1.54, 1.807) is 0 Å². The van der Waals surface area contributed by atoms with Crippen LogP contribution in [0.3, 0.4) is 0 Å². The number of nitrogens with zero attached hydrogens (tertiary/aromatic N) is 1. The maximum atomic E-state index is 12.1. The molecule has 0 aromatic heterocycles. The van der Waals surface area contributed by atoms with Crippen LogP contribution in [0.4, 0.5) is 5.69 Å². The van der Waals surface area contributed by atoms with Gasteiger partial charge in [0.05, 0.1) is 18.1 Å². The van der Waals surface area contributed by atoms with Crippen LogP contribution in [0.15, 0.2) is 18.2 Å². The van der Waals surface area contributed by atoms with Crippen LogP contribution in [0.1, 0.15) is 12.0 Å². The largest absolute Gasteiger partial charge is 0.480 e. The molecule has 1 aliphatic heterocycles. The third-order valence-corrected chi connectivity index (χ3v) is 3.74. The summed E-state index contributed by atoms with van der Waals surface area (Å²) in [5.41, 5.74) is -1.94. The lowest BCUT2D eigenvalue weighted by molar-refractivity contribution is -0.385. The molecule has 21 heavy (non-hydrogen) atoms. The van der Waals surface area contributed by atoms with Gasteiger partial charge in [0.25, 0.3) is 5.69 Å². The maximum Gasteiger partial charge on any atom is 0.319 e. The van der Waals surface area contributed by atoms with Crippen molar-refractivity contribution >= 4 is 29.0 Å². The normalized spacial score (nSPS) is 22.0. The Kier molecular flexibility index (Phi) is 4.24. The average Bonchev–Trinajstić information content (AvgIpc) is 2.42. The van der Waals surface area contributed by atoms with Crippen LogP contribution >= 0.6 is 11.6 Å². The number of carbonyl (C=O) groups is 2. The van der Waals surface area contributed by atoms with Crippen LogP contribution < -0.4 is 0 Å². The predicted molar refractivity (Wildman–Crippen MR) is 72.3 cm³/mol. The smallest absolute Gasteiger partial charge is 0.319 e. The van der Waals surface area contributed by atoms with E-state index in [-0.39, 0.29) is 42.3 Å². The maximum absolute atomic E-state index is 12.1. The van der Waals surface area contributed by atoms with E-state index in [0.717, 1.165) is 6.07 Å². The lowest BCUT2D eigenvalue weighted by Crippen LogP contribution is -2.48. The number of carboxylic acid groups (broad SMARTS) is 1. The van der Waals surface area contributed by atoms with Crippen molar-refractivity contribution in [3.8, 4) is 0 Å². The van der Waals surface area contributed by atoms with E-state index in [1.165, 1.54) is 12.1 Å². The second-order valence-corrected chi connectivity index (χ2v) is 5.26. The lowest BCUT2D eigenvalue weighted by Gasteiger charge is -2.31. The van der Waals surface area contributed by atoms with Gasteiger partial charge < -0.3 is 9.84 Å². The van der Waals surface area contributed by atoms with Gasteiger partial charge in [-0.3, -0.25) is 19.7 Å². The van der Waals surface area contributed by atoms with Gasteiger partial charge in [-0.25, -0.2) is 0 Å². The summed E-state index contributed by atoms with van der Waals surface area (Å²) >= 11 is 5.72. The van der Waals surface area contributed by atoms with Gasteiger partial charge in [0, 0.05) is 29.5 Å². The molecule has 7 nitrogen and oxygen atoms in total. The molecule has 1 atom stereocenters. The second kappa shape index (κ2) is 5.79. The number of nitro groups is 1. The molecule has 1 saturated heterocycles. The van der Waals surface area contributed by atoms with E-state index in [2.05, 4.69) is 0 Å². The number of ether oxygens (including phenoxy) is 1. The van der Waals surface area contributed by atoms with Crippen LogP contribution in [0.2, 0.25) is 5.02 Å². The molecule has 1 fully saturated rings. The van der Waals surface area contributed by atoms with Crippen LogP contribution in [-0.2, 0) is 20.7 Å². The summed E-state index contributed by atoms with van der Waals surface area (Å²) in [4.78, 5) is 34.0. The first-order valence-electron chi connectivity index (χ1n) is 6.14. The minimum atomic E-state index is -1.78. The molecule has 0 amide bonds. The number of hydrogen-bond acceptors (Lipinski definition) is 5. The van der Waals surface area contributed by atoms with E-state index < -0.39 is 22.1 Å². The first-order valence-corrected chi connectivity index (χ1v) is 6.52. The first kappa shape index (κ1) is 15.4. The number of nitro benzene ring substituents is 1. The molecule has 1 heterocycles. The Balaban J connectivity index is 2.45. The van der Waals surface area contributed by atoms with E-state index in [0.29, 0.717) is 0 Å². The number of halogens is 1. The van der Waals surface area contributed by atoms with Gasteiger partial charge in [-0.05, 0) is 6.07 Å². The number of ketones is 1. The first-order chi connectivity index (χ1) is 9.86. The molecule has 0 spiro atoms. The Morgan fingerprint density at radius 2 is 2.24 bits per heavy atom. The Hall–Kier alpha value is -1.99. The number of carbonyl (C=O) groups excluding carboxylic acids is 1. The number of benzene rings is 1. The number of Topliss-reactive ketones (excluding diaryl/α,β-unsaturated/α-hetero) is 1. The quantitative estimate of drug-likeness (QED) is 0.516. The molecule has 0 aliphatic carbocycles. The highest BCUT2D eigenvalue weighted by molar-refractivity contribution is 6.30. The number of hydrogen-bond donors (Lipinski definition) is 1. The average molecular weight is 314 g/mol. The minimum Gasteiger partial charge on any atom is -0.480 e. The molecule has 1 unspecified atom stereocenters. The summed E-state index contributed by atoms with van der Waals surface area (Å²) in [6, 6.07) is 3.93. The van der Waals surface area contributed by atoms with Gasteiger partial charge in [-0.2, -0.15) is 0 Å². The van der Waals surface area contributed by atoms with Crippen molar-refractivity contribution in [2.75, 3.05) is 13.2 Å². The monoisotopic (exact) mass is 313 g/mol. The molecular formula is C13H12ClNO6.